The van der Waals surface area contributed by atoms with Crippen LogP contribution in [0.4, 0.5) is 4.79 Å². The first-order valence-electron chi connectivity index (χ1n) is 7.25. The van der Waals surface area contributed by atoms with E-state index in [1.807, 2.05) is 25.8 Å². The Morgan fingerprint density at radius 1 is 1.10 bits per heavy atom. The van der Waals surface area contributed by atoms with Crippen molar-refractivity contribution >= 4 is 12.4 Å². The van der Waals surface area contributed by atoms with Crippen LogP contribution < -0.4 is 0 Å². The molecule has 0 aromatic heterocycles. The summed E-state index contributed by atoms with van der Waals surface area (Å²) in [5, 5.41) is 3.33. The Kier molecular flexibility index (Phi) is 7.79. The average molecular weight is 286 g/mol. The molecule has 0 fully saturated rings. The fourth-order valence-corrected chi connectivity index (χ4v) is 1.81. The smallest absolute Gasteiger partial charge is 0.425 e. The maximum Gasteiger partial charge on any atom is 0.425 e. The molecule has 0 radical (unpaired) electrons. The summed E-state index contributed by atoms with van der Waals surface area (Å²) in [6, 6.07) is 0. The molecule has 118 valence electrons. The maximum atomic E-state index is 12.3. The van der Waals surface area contributed by atoms with Crippen LogP contribution in [0.25, 0.3) is 0 Å². The minimum atomic E-state index is -0.570. The van der Waals surface area contributed by atoms with Crippen LogP contribution in [0, 0.1) is 11.8 Å². The van der Waals surface area contributed by atoms with Gasteiger partial charge in [0.25, 0.3) is 0 Å². The van der Waals surface area contributed by atoms with Crippen molar-refractivity contribution in [1.82, 2.24) is 10.0 Å². The number of rotatable bonds is 7. The van der Waals surface area contributed by atoms with Gasteiger partial charge in [0.05, 0.1) is 6.54 Å². The van der Waals surface area contributed by atoms with Crippen LogP contribution in [0.1, 0.15) is 48.5 Å². The highest BCUT2D eigenvalue weighted by Gasteiger charge is 2.27. The first-order valence-corrected chi connectivity index (χ1v) is 7.25. The van der Waals surface area contributed by atoms with E-state index in [2.05, 4.69) is 27.7 Å². The van der Waals surface area contributed by atoms with Gasteiger partial charge >= 0.3 is 6.09 Å². The summed E-state index contributed by atoms with van der Waals surface area (Å²) in [5.41, 5.74) is -0.570. The molecule has 0 aliphatic heterocycles. The number of carbonyl (C=O) groups excluding carboxylic acids is 2. The molecule has 0 aliphatic rings. The summed E-state index contributed by atoms with van der Waals surface area (Å²) >= 11 is 0. The SMILES string of the molecule is CC(C)CN(CC(C)C)N(CC=O)C(=O)OC(C)(C)C. The van der Waals surface area contributed by atoms with Crippen molar-refractivity contribution in [2.45, 2.75) is 54.1 Å². The summed E-state index contributed by atoms with van der Waals surface area (Å²) in [7, 11) is 0. The van der Waals surface area contributed by atoms with E-state index in [1.54, 1.807) is 0 Å². The minimum absolute atomic E-state index is 0.0222. The molecule has 0 atom stereocenters. The van der Waals surface area contributed by atoms with Gasteiger partial charge in [-0.05, 0) is 32.6 Å². The highest BCUT2D eigenvalue weighted by molar-refractivity contribution is 5.71. The van der Waals surface area contributed by atoms with E-state index < -0.39 is 11.7 Å². The van der Waals surface area contributed by atoms with Gasteiger partial charge in [0.1, 0.15) is 11.9 Å². The Balaban J connectivity index is 5.03. The Hall–Kier alpha value is -1.10. The van der Waals surface area contributed by atoms with E-state index in [0.717, 1.165) is 6.29 Å². The predicted molar refractivity (Wildman–Crippen MR) is 80.3 cm³/mol. The van der Waals surface area contributed by atoms with Crippen LogP contribution in [0.3, 0.4) is 0 Å². The third-order valence-electron chi connectivity index (χ3n) is 2.34. The molecule has 0 aromatic rings. The molecule has 0 saturated carbocycles. The average Bonchev–Trinajstić information content (AvgIpc) is 2.20. The molecule has 0 saturated heterocycles. The molecule has 5 heteroatoms. The van der Waals surface area contributed by atoms with Gasteiger partial charge in [-0.25, -0.2) is 14.8 Å². The van der Waals surface area contributed by atoms with Gasteiger partial charge in [-0.3, -0.25) is 0 Å². The number of aldehydes is 1. The van der Waals surface area contributed by atoms with Crippen molar-refractivity contribution < 1.29 is 14.3 Å². The van der Waals surface area contributed by atoms with Gasteiger partial charge < -0.3 is 9.53 Å². The third-order valence-corrected chi connectivity index (χ3v) is 2.34. The number of hydrogen-bond donors (Lipinski definition) is 0. The van der Waals surface area contributed by atoms with E-state index in [0.29, 0.717) is 24.9 Å². The van der Waals surface area contributed by atoms with Crippen molar-refractivity contribution in [1.29, 1.82) is 0 Å². The fourth-order valence-electron chi connectivity index (χ4n) is 1.81. The lowest BCUT2D eigenvalue weighted by atomic mass is 10.2. The van der Waals surface area contributed by atoms with Gasteiger partial charge in [0.2, 0.25) is 0 Å². The van der Waals surface area contributed by atoms with Gasteiger partial charge in [0.15, 0.2) is 0 Å². The number of ether oxygens (including phenoxy) is 1. The topological polar surface area (TPSA) is 49.9 Å². The largest absolute Gasteiger partial charge is 0.443 e. The maximum absolute atomic E-state index is 12.3. The first kappa shape index (κ1) is 18.9. The van der Waals surface area contributed by atoms with Crippen LogP contribution >= 0.6 is 0 Å². The molecule has 0 rings (SSSR count). The van der Waals surface area contributed by atoms with Gasteiger partial charge in [-0.2, -0.15) is 0 Å². The number of carbonyl (C=O) groups is 2. The molecule has 0 aromatic carbocycles. The summed E-state index contributed by atoms with van der Waals surface area (Å²) in [4.78, 5) is 23.1. The summed E-state index contributed by atoms with van der Waals surface area (Å²) in [6.45, 7) is 15.2. The quantitative estimate of drug-likeness (QED) is 0.533. The first-order chi connectivity index (χ1) is 9.06. The molecule has 0 aliphatic carbocycles. The molecular formula is C15H30N2O3. The van der Waals surface area contributed by atoms with Crippen LogP contribution in [-0.4, -0.2) is 47.6 Å². The van der Waals surface area contributed by atoms with Crippen LogP contribution in [0.2, 0.25) is 0 Å². The molecule has 5 nitrogen and oxygen atoms in total. The Labute approximate surface area is 123 Å². The summed E-state index contributed by atoms with van der Waals surface area (Å²) < 4.78 is 5.38. The molecule has 0 heterocycles. The van der Waals surface area contributed by atoms with Crippen LogP contribution in [0.15, 0.2) is 0 Å². The van der Waals surface area contributed by atoms with E-state index in [-0.39, 0.29) is 6.54 Å². The minimum Gasteiger partial charge on any atom is -0.443 e. The number of nitrogens with zero attached hydrogens (tertiary/aromatic N) is 2. The zero-order valence-corrected chi connectivity index (χ0v) is 14.0. The van der Waals surface area contributed by atoms with Crippen molar-refractivity contribution in [2.24, 2.45) is 11.8 Å². The Morgan fingerprint density at radius 3 is 1.85 bits per heavy atom. The molecule has 0 unspecified atom stereocenters. The monoisotopic (exact) mass is 286 g/mol. The molecule has 1 amide bonds. The van der Waals surface area contributed by atoms with Crippen molar-refractivity contribution in [3.05, 3.63) is 0 Å². The van der Waals surface area contributed by atoms with Crippen LogP contribution in [-0.2, 0) is 9.53 Å². The number of hydrazine groups is 1. The van der Waals surface area contributed by atoms with Crippen molar-refractivity contribution in [2.75, 3.05) is 19.6 Å². The van der Waals surface area contributed by atoms with E-state index >= 15 is 0 Å². The molecule has 0 N–H and O–H groups in total. The second-order valence-electron chi connectivity index (χ2n) is 6.89. The molecule has 0 spiro atoms. The normalized spacial score (nSPS) is 12.1. The summed E-state index contributed by atoms with van der Waals surface area (Å²) in [5.74, 6) is 0.788. The lowest BCUT2D eigenvalue weighted by molar-refractivity contribution is -0.115. The Bertz CT molecular complexity index is 299. The molecule has 20 heavy (non-hydrogen) atoms. The lowest BCUT2D eigenvalue weighted by Crippen LogP contribution is -2.51. The third kappa shape index (κ3) is 8.15. The summed E-state index contributed by atoms with van der Waals surface area (Å²) in [6.07, 6.45) is 0.267. The van der Waals surface area contributed by atoms with Gasteiger partial charge in [-0.1, -0.05) is 27.7 Å². The van der Waals surface area contributed by atoms with Gasteiger partial charge in [-0.15, -0.1) is 0 Å². The standard InChI is InChI=1S/C15H30N2O3/c1-12(2)10-16(11-13(3)4)17(8-9-18)14(19)20-15(5,6)7/h9,12-13H,8,10-11H2,1-7H3. The lowest BCUT2D eigenvalue weighted by Gasteiger charge is -2.36. The zero-order valence-electron chi connectivity index (χ0n) is 14.0. The molecule has 0 bridgehead atoms. The number of hydrogen-bond acceptors (Lipinski definition) is 4. The van der Waals surface area contributed by atoms with Crippen LogP contribution in [0.5, 0.6) is 0 Å². The molecular weight excluding hydrogens is 256 g/mol. The highest BCUT2D eigenvalue weighted by atomic mass is 16.6. The fraction of sp³-hybridized carbons (Fsp3) is 0.867. The highest BCUT2D eigenvalue weighted by Crippen LogP contribution is 2.14. The second kappa shape index (κ2) is 8.25. The predicted octanol–water partition coefficient (Wildman–Crippen LogP) is 2.95. The van der Waals surface area contributed by atoms with Crippen molar-refractivity contribution in [3.8, 4) is 0 Å². The van der Waals surface area contributed by atoms with E-state index in [1.165, 1.54) is 5.01 Å². The van der Waals surface area contributed by atoms with E-state index in [9.17, 15) is 9.59 Å². The van der Waals surface area contributed by atoms with Gasteiger partial charge in [0, 0.05) is 13.1 Å². The second-order valence-corrected chi connectivity index (χ2v) is 6.89. The van der Waals surface area contributed by atoms with Crippen molar-refractivity contribution in [3.63, 3.8) is 0 Å². The zero-order chi connectivity index (χ0) is 15.9. The Morgan fingerprint density at radius 2 is 1.55 bits per heavy atom. The number of amides is 1. The van der Waals surface area contributed by atoms with E-state index in [4.69, 9.17) is 4.74 Å².